The number of hydrogen-bond donors (Lipinski definition) is 1. The van der Waals surface area contributed by atoms with E-state index in [1.54, 1.807) is 30.3 Å². The minimum absolute atomic E-state index is 0.0565. The van der Waals surface area contributed by atoms with E-state index in [9.17, 15) is 30.8 Å². The smallest absolute Gasteiger partial charge is 0.416 e. The second-order valence-corrected chi connectivity index (χ2v) is 12.9. The van der Waals surface area contributed by atoms with Gasteiger partial charge in [-0.25, -0.2) is 12.8 Å². The number of nitrogens with one attached hydrogen (secondary N) is 1. The molecular formula is C31H36F4N2O4S. The molecule has 1 amide bonds. The van der Waals surface area contributed by atoms with Crippen molar-refractivity contribution in [3.05, 3.63) is 94.8 Å². The molecular weight excluding hydrogens is 572 g/mol. The van der Waals surface area contributed by atoms with Crippen molar-refractivity contribution in [3.8, 4) is 5.75 Å². The van der Waals surface area contributed by atoms with Gasteiger partial charge in [0.1, 0.15) is 11.6 Å². The van der Waals surface area contributed by atoms with E-state index in [0.29, 0.717) is 36.4 Å². The Balaban J connectivity index is 1.74. The number of carbonyl (C=O) groups is 1. The molecule has 0 spiro atoms. The van der Waals surface area contributed by atoms with Crippen molar-refractivity contribution < 1.29 is 35.5 Å². The average Bonchev–Trinajstić information content (AvgIpc) is 2.89. The summed E-state index contributed by atoms with van der Waals surface area (Å²) >= 11 is 0. The third-order valence-corrected chi connectivity index (χ3v) is 7.94. The molecule has 3 aromatic rings. The number of alkyl halides is 3. The molecule has 0 aliphatic heterocycles. The van der Waals surface area contributed by atoms with Crippen LogP contribution in [0, 0.1) is 5.82 Å². The normalized spacial score (nSPS) is 12.4. The van der Waals surface area contributed by atoms with E-state index in [1.807, 2.05) is 18.7 Å². The fourth-order valence-electron chi connectivity index (χ4n) is 4.68. The molecule has 3 rings (SSSR count). The molecule has 0 aliphatic rings. The highest BCUT2D eigenvalue weighted by molar-refractivity contribution is 7.90. The van der Waals surface area contributed by atoms with Crippen LogP contribution in [0.5, 0.6) is 5.75 Å². The Morgan fingerprint density at radius 2 is 1.67 bits per heavy atom. The first kappa shape index (κ1) is 33.1. The fraction of sp³-hybridized carbons (Fsp3) is 0.387. The Morgan fingerprint density at radius 3 is 2.29 bits per heavy atom. The molecule has 0 heterocycles. The SMILES string of the molecule is CC(=O)NCc1ccc(OCCCN(Cc2cccc(C(F)(F)F)c2)CC(C)(C)c2ccc(F)cc2)cc1S(C)(=O)=O. The van der Waals surface area contributed by atoms with E-state index >= 15 is 0 Å². The van der Waals surface area contributed by atoms with E-state index in [2.05, 4.69) is 5.32 Å². The molecule has 0 aromatic heterocycles. The van der Waals surface area contributed by atoms with E-state index in [0.717, 1.165) is 24.0 Å². The highest BCUT2D eigenvalue weighted by Gasteiger charge is 2.31. The zero-order chi connectivity index (χ0) is 31.1. The maximum atomic E-state index is 13.5. The van der Waals surface area contributed by atoms with E-state index in [-0.39, 0.29) is 36.3 Å². The van der Waals surface area contributed by atoms with E-state index in [4.69, 9.17) is 4.74 Å². The molecule has 6 nitrogen and oxygen atoms in total. The number of rotatable bonds is 13. The molecule has 0 saturated heterocycles. The Bertz CT molecular complexity index is 1470. The molecule has 3 aromatic carbocycles. The first-order chi connectivity index (χ1) is 19.5. The van der Waals surface area contributed by atoms with Gasteiger partial charge in [0.2, 0.25) is 5.91 Å². The summed E-state index contributed by atoms with van der Waals surface area (Å²) in [7, 11) is -3.59. The first-order valence-corrected chi connectivity index (χ1v) is 15.3. The lowest BCUT2D eigenvalue weighted by Gasteiger charge is -2.33. The van der Waals surface area contributed by atoms with Crippen LogP contribution in [0.15, 0.2) is 71.6 Å². The molecule has 0 saturated carbocycles. The quantitative estimate of drug-likeness (QED) is 0.187. The maximum absolute atomic E-state index is 13.5. The number of halogens is 4. The lowest BCUT2D eigenvalue weighted by atomic mass is 9.84. The largest absolute Gasteiger partial charge is 0.494 e. The summed E-state index contributed by atoms with van der Waals surface area (Å²) in [5, 5.41) is 2.59. The fourth-order valence-corrected chi connectivity index (χ4v) is 5.63. The van der Waals surface area contributed by atoms with Gasteiger partial charge in [-0.15, -0.1) is 0 Å². The van der Waals surface area contributed by atoms with Crippen LogP contribution in [0.3, 0.4) is 0 Å². The minimum atomic E-state index is -4.45. The highest BCUT2D eigenvalue weighted by atomic mass is 32.2. The van der Waals surface area contributed by atoms with Gasteiger partial charge in [-0.3, -0.25) is 9.69 Å². The van der Waals surface area contributed by atoms with Gasteiger partial charge in [0, 0.05) is 44.8 Å². The molecule has 11 heteroatoms. The number of benzene rings is 3. The molecule has 42 heavy (non-hydrogen) atoms. The van der Waals surface area contributed by atoms with Crippen molar-refractivity contribution >= 4 is 15.7 Å². The van der Waals surface area contributed by atoms with Crippen LogP contribution in [-0.4, -0.2) is 45.2 Å². The van der Waals surface area contributed by atoms with Crippen LogP contribution < -0.4 is 10.1 Å². The third-order valence-electron chi connectivity index (χ3n) is 6.76. The molecule has 228 valence electrons. The van der Waals surface area contributed by atoms with Gasteiger partial charge in [0.15, 0.2) is 9.84 Å². The molecule has 0 bridgehead atoms. The standard InChI is InChI=1S/C31H36F4N2O4S/c1-22(38)36-19-24-9-14-28(18-29(24)42(4,39)40)41-16-6-15-37(20-23-7-5-8-26(17-23)31(33,34)35)21-30(2,3)25-10-12-27(32)13-11-25/h5,7-14,17-18H,6,15-16,19-21H2,1-4H3,(H,36,38). The lowest BCUT2D eigenvalue weighted by molar-refractivity contribution is -0.137. The van der Waals surface area contributed by atoms with E-state index < -0.39 is 27.0 Å². The average molecular weight is 609 g/mol. The number of carbonyl (C=O) groups excluding carboxylic acids is 1. The van der Waals surface area contributed by atoms with Crippen LogP contribution in [0.1, 0.15) is 49.4 Å². The summed E-state index contributed by atoms with van der Waals surface area (Å²) in [6, 6.07) is 16.0. The van der Waals surface area contributed by atoms with Crippen molar-refractivity contribution in [1.82, 2.24) is 10.2 Å². The number of nitrogens with zero attached hydrogens (tertiary/aromatic N) is 1. The Hall–Kier alpha value is -3.44. The van der Waals surface area contributed by atoms with Crippen LogP contribution >= 0.6 is 0 Å². The van der Waals surface area contributed by atoms with Gasteiger partial charge in [-0.05, 0) is 53.4 Å². The number of amides is 1. The Labute approximate surface area is 244 Å². The predicted octanol–water partition coefficient (Wildman–Crippen LogP) is 6.13. The second-order valence-electron chi connectivity index (χ2n) is 11.0. The zero-order valence-corrected chi connectivity index (χ0v) is 24.9. The minimum Gasteiger partial charge on any atom is -0.494 e. The van der Waals surface area contributed by atoms with Gasteiger partial charge < -0.3 is 10.1 Å². The summed E-state index contributed by atoms with van der Waals surface area (Å²) in [6.07, 6.45) is -2.87. The Kier molecular flexibility index (Phi) is 10.8. The van der Waals surface area contributed by atoms with Crippen LogP contribution in [0.2, 0.25) is 0 Å². The highest BCUT2D eigenvalue weighted by Crippen LogP contribution is 2.31. The lowest BCUT2D eigenvalue weighted by Crippen LogP contribution is -2.37. The third kappa shape index (κ3) is 9.84. The molecule has 1 N–H and O–H groups in total. The van der Waals surface area contributed by atoms with Crippen molar-refractivity contribution in [1.29, 1.82) is 0 Å². The molecule has 0 radical (unpaired) electrons. The van der Waals surface area contributed by atoms with Crippen LogP contribution in [0.25, 0.3) is 0 Å². The monoisotopic (exact) mass is 608 g/mol. The topological polar surface area (TPSA) is 75.7 Å². The van der Waals surface area contributed by atoms with Crippen molar-refractivity contribution in [3.63, 3.8) is 0 Å². The number of ether oxygens (including phenoxy) is 1. The van der Waals surface area contributed by atoms with Crippen molar-refractivity contribution in [2.75, 3.05) is 26.0 Å². The predicted molar refractivity (Wildman–Crippen MR) is 153 cm³/mol. The molecule has 0 atom stereocenters. The zero-order valence-electron chi connectivity index (χ0n) is 24.1. The summed E-state index contributed by atoms with van der Waals surface area (Å²) in [6.45, 7) is 6.82. The summed E-state index contributed by atoms with van der Waals surface area (Å²) in [5.74, 6) is -0.292. The molecule has 0 unspecified atom stereocenters. The van der Waals surface area contributed by atoms with E-state index in [1.165, 1.54) is 31.2 Å². The van der Waals surface area contributed by atoms with Gasteiger partial charge in [-0.1, -0.05) is 50.2 Å². The second kappa shape index (κ2) is 13.7. The van der Waals surface area contributed by atoms with Gasteiger partial charge in [0.05, 0.1) is 17.1 Å². The molecule has 0 fully saturated rings. The summed E-state index contributed by atoms with van der Waals surface area (Å²) in [5.41, 5.74) is 0.680. The van der Waals surface area contributed by atoms with Gasteiger partial charge >= 0.3 is 6.18 Å². The van der Waals surface area contributed by atoms with Crippen molar-refractivity contribution in [2.45, 2.75) is 56.8 Å². The summed E-state index contributed by atoms with van der Waals surface area (Å²) in [4.78, 5) is 13.4. The van der Waals surface area contributed by atoms with Crippen LogP contribution in [-0.2, 0) is 39.3 Å². The maximum Gasteiger partial charge on any atom is 0.416 e. The number of sulfone groups is 1. The van der Waals surface area contributed by atoms with Gasteiger partial charge in [-0.2, -0.15) is 13.2 Å². The first-order valence-electron chi connectivity index (χ1n) is 13.4. The van der Waals surface area contributed by atoms with Gasteiger partial charge in [0.25, 0.3) is 0 Å². The summed E-state index contributed by atoms with van der Waals surface area (Å²) < 4.78 is 84.0. The van der Waals surface area contributed by atoms with Crippen LogP contribution in [0.4, 0.5) is 17.6 Å². The van der Waals surface area contributed by atoms with Crippen molar-refractivity contribution in [2.24, 2.45) is 0 Å². The molecule has 0 aliphatic carbocycles. The Morgan fingerprint density at radius 1 is 0.976 bits per heavy atom. The number of hydrogen-bond acceptors (Lipinski definition) is 5.